The maximum Gasteiger partial charge on any atom is 0.335 e. The number of carbonyl (C=O) groups is 3. The number of benzene rings is 2. The van der Waals surface area contributed by atoms with Gasteiger partial charge in [0.2, 0.25) is 0 Å². The van der Waals surface area contributed by atoms with Crippen molar-refractivity contribution in [3.05, 3.63) is 64.7 Å². The molecule has 0 spiro atoms. The second kappa shape index (κ2) is 8.14. The fraction of sp³-hybridized carbons (Fsp3) is 0.292. The van der Waals surface area contributed by atoms with Crippen LogP contribution in [0.2, 0.25) is 0 Å². The zero-order chi connectivity index (χ0) is 21.3. The highest BCUT2D eigenvalue weighted by molar-refractivity contribution is 6.39. The predicted molar refractivity (Wildman–Crippen MR) is 117 cm³/mol. The Morgan fingerprint density at radius 3 is 2.10 bits per heavy atom. The Labute approximate surface area is 176 Å². The van der Waals surface area contributed by atoms with Crippen molar-refractivity contribution >= 4 is 35.3 Å². The van der Waals surface area contributed by atoms with E-state index in [9.17, 15) is 14.4 Å². The molecule has 0 saturated carbocycles. The van der Waals surface area contributed by atoms with E-state index < -0.39 is 17.8 Å². The summed E-state index contributed by atoms with van der Waals surface area (Å²) in [5.41, 5.74) is 4.14. The minimum atomic E-state index is -0.729. The van der Waals surface area contributed by atoms with Crippen LogP contribution in [0.25, 0.3) is 6.08 Å². The number of barbiturate groups is 1. The molecule has 154 valence electrons. The topological polar surface area (TPSA) is 69.7 Å². The zero-order valence-electron chi connectivity index (χ0n) is 17.3. The maximum absolute atomic E-state index is 13.1. The maximum atomic E-state index is 13.1. The van der Waals surface area contributed by atoms with Gasteiger partial charge in [-0.2, -0.15) is 0 Å². The highest BCUT2D eigenvalue weighted by Gasteiger charge is 2.36. The molecule has 0 unspecified atom stereocenters. The number of anilines is 2. The molecular formula is C24H25N3O3. The summed E-state index contributed by atoms with van der Waals surface area (Å²) in [5, 5.41) is 2.28. The summed E-state index contributed by atoms with van der Waals surface area (Å²) in [4.78, 5) is 41.2. The lowest BCUT2D eigenvalue weighted by Gasteiger charge is -2.29. The fourth-order valence-corrected chi connectivity index (χ4v) is 4.07. The van der Waals surface area contributed by atoms with E-state index in [0.717, 1.165) is 40.4 Å². The molecule has 0 bridgehead atoms. The van der Waals surface area contributed by atoms with Crippen molar-refractivity contribution in [3.63, 3.8) is 0 Å². The Hall–Kier alpha value is -3.41. The van der Waals surface area contributed by atoms with Gasteiger partial charge < -0.3 is 4.90 Å². The van der Waals surface area contributed by atoms with Crippen LogP contribution in [0.15, 0.2) is 48.0 Å². The number of amides is 4. The third-order valence-corrected chi connectivity index (χ3v) is 5.49. The van der Waals surface area contributed by atoms with E-state index in [-0.39, 0.29) is 5.57 Å². The summed E-state index contributed by atoms with van der Waals surface area (Å²) in [6, 6.07) is 12.6. The Morgan fingerprint density at radius 2 is 1.47 bits per heavy atom. The minimum absolute atomic E-state index is 0.0560. The van der Waals surface area contributed by atoms with Gasteiger partial charge in [0.1, 0.15) is 5.57 Å². The van der Waals surface area contributed by atoms with Crippen LogP contribution in [0.5, 0.6) is 0 Å². The summed E-state index contributed by atoms with van der Waals surface area (Å²) in [6.07, 6.45) is 5.21. The van der Waals surface area contributed by atoms with Crippen molar-refractivity contribution in [2.24, 2.45) is 0 Å². The van der Waals surface area contributed by atoms with Crippen LogP contribution in [-0.2, 0) is 9.59 Å². The second-order valence-electron chi connectivity index (χ2n) is 7.94. The quantitative estimate of drug-likeness (QED) is 0.622. The van der Waals surface area contributed by atoms with E-state index in [0.29, 0.717) is 5.69 Å². The Morgan fingerprint density at radius 1 is 0.833 bits per heavy atom. The number of aryl methyl sites for hydroxylation is 2. The first-order valence-electron chi connectivity index (χ1n) is 10.3. The number of nitrogens with one attached hydrogen (secondary N) is 1. The first kappa shape index (κ1) is 19.9. The van der Waals surface area contributed by atoms with Crippen molar-refractivity contribution in [1.82, 2.24) is 5.32 Å². The molecule has 0 aromatic heterocycles. The highest BCUT2D eigenvalue weighted by Crippen LogP contribution is 2.25. The number of urea groups is 1. The van der Waals surface area contributed by atoms with Gasteiger partial charge in [0.05, 0.1) is 5.69 Å². The number of imide groups is 2. The molecule has 1 N–H and O–H groups in total. The third-order valence-electron chi connectivity index (χ3n) is 5.49. The van der Waals surface area contributed by atoms with E-state index in [4.69, 9.17) is 0 Å². The van der Waals surface area contributed by atoms with Crippen LogP contribution < -0.4 is 15.1 Å². The van der Waals surface area contributed by atoms with Crippen molar-refractivity contribution in [3.8, 4) is 0 Å². The van der Waals surface area contributed by atoms with E-state index in [1.54, 1.807) is 18.2 Å². The van der Waals surface area contributed by atoms with Gasteiger partial charge in [-0.25, -0.2) is 9.69 Å². The van der Waals surface area contributed by atoms with Crippen LogP contribution in [0, 0.1) is 13.8 Å². The third kappa shape index (κ3) is 3.99. The number of hydrogen-bond acceptors (Lipinski definition) is 4. The van der Waals surface area contributed by atoms with Gasteiger partial charge in [-0.05, 0) is 80.1 Å². The normalized spacial score (nSPS) is 18.7. The zero-order valence-corrected chi connectivity index (χ0v) is 17.3. The van der Waals surface area contributed by atoms with Crippen LogP contribution in [0.3, 0.4) is 0 Å². The molecule has 4 amide bonds. The number of piperidine rings is 1. The summed E-state index contributed by atoms with van der Waals surface area (Å²) < 4.78 is 0. The van der Waals surface area contributed by atoms with Gasteiger partial charge in [0, 0.05) is 18.8 Å². The van der Waals surface area contributed by atoms with Crippen LogP contribution in [-0.4, -0.2) is 30.9 Å². The molecule has 2 heterocycles. The lowest BCUT2D eigenvalue weighted by atomic mass is 10.0. The monoisotopic (exact) mass is 403 g/mol. The lowest BCUT2D eigenvalue weighted by Crippen LogP contribution is -2.54. The van der Waals surface area contributed by atoms with Crippen LogP contribution in [0.4, 0.5) is 16.2 Å². The smallest absolute Gasteiger partial charge is 0.335 e. The first-order valence-corrected chi connectivity index (χ1v) is 10.3. The summed E-state index contributed by atoms with van der Waals surface area (Å²) in [6.45, 7) is 5.89. The fourth-order valence-electron chi connectivity index (χ4n) is 4.07. The predicted octanol–water partition coefficient (Wildman–Crippen LogP) is 3.96. The molecule has 2 aromatic rings. The summed E-state index contributed by atoms with van der Waals surface area (Å²) in [5.74, 6) is -1.29. The molecule has 0 radical (unpaired) electrons. The Bertz CT molecular complexity index is 1010. The van der Waals surface area contributed by atoms with E-state index in [1.807, 2.05) is 44.2 Å². The highest BCUT2D eigenvalue weighted by atomic mass is 16.2. The molecule has 30 heavy (non-hydrogen) atoms. The van der Waals surface area contributed by atoms with Crippen molar-refractivity contribution < 1.29 is 14.4 Å². The van der Waals surface area contributed by atoms with Crippen molar-refractivity contribution in [1.29, 1.82) is 0 Å². The second-order valence-corrected chi connectivity index (χ2v) is 7.94. The number of rotatable bonds is 3. The van der Waals surface area contributed by atoms with Crippen LogP contribution >= 0.6 is 0 Å². The molecule has 2 saturated heterocycles. The first-order chi connectivity index (χ1) is 14.4. The van der Waals surface area contributed by atoms with Gasteiger partial charge in [-0.15, -0.1) is 0 Å². The van der Waals surface area contributed by atoms with E-state index in [1.165, 1.54) is 19.3 Å². The molecular weight excluding hydrogens is 378 g/mol. The molecule has 6 nitrogen and oxygen atoms in total. The van der Waals surface area contributed by atoms with Gasteiger partial charge in [0.25, 0.3) is 11.8 Å². The number of carbonyl (C=O) groups excluding carboxylic acids is 3. The van der Waals surface area contributed by atoms with Gasteiger partial charge in [-0.1, -0.05) is 18.2 Å². The van der Waals surface area contributed by atoms with Gasteiger partial charge in [-0.3, -0.25) is 14.9 Å². The summed E-state index contributed by atoms with van der Waals surface area (Å²) >= 11 is 0. The van der Waals surface area contributed by atoms with Crippen molar-refractivity contribution in [2.45, 2.75) is 33.1 Å². The number of hydrogen-bond donors (Lipinski definition) is 1. The standard InChI is InChI=1S/C24H25N3O3/c1-16-12-17(2)14-20(13-16)27-23(29)21(22(28)25-24(27)30)15-18-6-8-19(9-7-18)26-10-4-3-5-11-26/h6-9,12-15H,3-5,10-11H2,1-2H3,(H,25,28,30)/b21-15-. The van der Waals surface area contributed by atoms with Gasteiger partial charge >= 0.3 is 6.03 Å². The van der Waals surface area contributed by atoms with Crippen LogP contribution in [0.1, 0.15) is 36.0 Å². The average molecular weight is 403 g/mol. The molecule has 2 fully saturated rings. The molecule has 6 heteroatoms. The molecule has 0 aliphatic carbocycles. The molecule has 2 aliphatic rings. The average Bonchev–Trinajstić information content (AvgIpc) is 2.71. The van der Waals surface area contributed by atoms with Gasteiger partial charge in [0.15, 0.2) is 0 Å². The molecule has 0 atom stereocenters. The Kier molecular flexibility index (Phi) is 5.40. The molecule has 2 aromatic carbocycles. The largest absolute Gasteiger partial charge is 0.372 e. The van der Waals surface area contributed by atoms with E-state index >= 15 is 0 Å². The van der Waals surface area contributed by atoms with Crippen molar-refractivity contribution in [2.75, 3.05) is 22.9 Å². The van der Waals surface area contributed by atoms with E-state index in [2.05, 4.69) is 10.2 Å². The lowest BCUT2D eigenvalue weighted by molar-refractivity contribution is -0.122. The SMILES string of the molecule is Cc1cc(C)cc(N2C(=O)NC(=O)/C(=C/c3ccc(N4CCCCC4)cc3)C2=O)c1. The summed E-state index contributed by atoms with van der Waals surface area (Å²) in [7, 11) is 0. The molecule has 4 rings (SSSR count). The number of nitrogens with zero attached hydrogens (tertiary/aromatic N) is 2. The Balaban J connectivity index is 1.62. The minimum Gasteiger partial charge on any atom is -0.372 e. The molecule has 2 aliphatic heterocycles.